The van der Waals surface area contributed by atoms with Gasteiger partial charge in [0.1, 0.15) is 5.82 Å². The van der Waals surface area contributed by atoms with Crippen LogP contribution in [0.15, 0.2) is 29.4 Å². The number of hydrogen-bond donors (Lipinski definition) is 2. The molecule has 5 nitrogen and oxygen atoms in total. The molecule has 0 heterocycles. The first-order valence-electron chi connectivity index (χ1n) is 4.71. The van der Waals surface area contributed by atoms with Crippen molar-refractivity contribution < 1.29 is 4.39 Å². The van der Waals surface area contributed by atoms with Crippen molar-refractivity contribution in [3.63, 3.8) is 0 Å². The fourth-order valence-electron chi connectivity index (χ4n) is 1.15. The maximum Gasteiger partial charge on any atom is 0.148 e. The van der Waals surface area contributed by atoms with Crippen molar-refractivity contribution in [3.05, 3.63) is 46.1 Å². The number of anilines is 1. The van der Waals surface area contributed by atoms with Gasteiger partial charge in [-0.05, 0) is 29.6 Å². The summed E-state index contributed by atoms with van der Waals surface area (Å²) in [5.74, 6) is 4.70. The topological polar surface area (TPSA) is 86.8 Å². The fraction of sp³-hybridized carbons (Fsp3) is 0.200. The third-order valence-electron chi connectivity index (χ3n) is 1.92. The maximum absolute atomic E-state index is 13.2. The van der Waals surface area contributed by atoms with E-state index in [4.69, 9.17) is 11.4 Å². The van der Waals surface area contributed by atoms with Crippen LogP contribution in [0.1, 0.15) is 12.0 Å². The SMILES string of the molecule is [N-]=[N+]=NCCC=Cc1ccc(NN)c(F)c1. The summed E-state index contributed by atoms with van der Waals surface area (Å²) in [6, 6.07) is 4.67. The van der Waals surface area contributed by atoms with E-state index in [1.165, 1.54) is 6.07 Å². The Bertz CT molecular complexity index is 423. The van der Waals surface area contributed by atoms with E-state index in [0.717, 1.165) is 5.56 Å². The maximum atomic E-state index is 13.2. The number of nitrogen functional groups attached to an aromatic ring is 1. The summed E-state index contributed by atoms with van der Waals surface area (Å²) in [5.41, 5.74) is 11.3. The van der Waals surface area contributed by atoms with Gasteiger partial charge >= 0.3 is 0 Å². The first kappa shape index (κ1) is 12.0. The first-order chi connectivity index (χ1) is 7.77. The molecular formula is C10H12FN5. The zero-order valence-corrected chi connectivity index (χ0v) is 8.60. The van der Waals surface area contributed by atoms with Crippen LogP contribution in [-0.4, -0.2) is 6.54 Å². The molecule has 1 rings (SSSR count). The minimum Gasteiger partial charge on any atom is -0.321 e. The summed E-state index contributed by atoms with van der Waals surface area (Å²) >= 11 is 0. The second-order valence-electron chi connectivity index (χ2n) is 3.03. The Hall–Kier alpha value is -2.04. The van der Waals surface area contributed by atoms with Crippen LogP contribution < -0.4 is 11.3 Å². The summed E-state index contributed by atoms with van der Waals surface area (Å²) in [6.07, 6.45) is 4.21. The zero-order valence-electron chi connectivity index (χ0n) is 8.60. The molecule has 84 valence electrons. The van der Waals surface area contributed by atoms with Gasteiger partial charge in [-0.15, -0.1) is 0 Å². The highest BCUT2D eigenvalue weighted by molar-refractivity contribution is 5.55. The Kier molecular flexibility index (Phi) is 4.85. The van der Waals surface area contributed by atoms with Gasteiger partial charge in [0.2, 0.25) is 0 Å². The van der Waals surface area contributed by atoms with E-state index < -0.39 is 5.82 Å². The number of azide groups is 1. The number of hydrazine groups is 1. The molecule has 0 aliphatic heterocycles. The van der Waals surface area contributed by atoms with Gasteiger partial charge in [0, 0.05) is 11.5 Å². The molecule has 0 aromatic heterocycles. The molecule has 16 heavy (non-hydrogen) atoms. The van der Waals surface area contributed by atoms with Crippen molar-refractivity contribution in [2.45, 2.75) is 6.42 Å². The predicted octanol–water partition coefficient (Wildman–Crippen LogP) is 2.82. The molecular weight excluding hydrogens is 209 g/mol. The van der Waals surface area contributed by atoms with E-state index in [2.05, 4.69) is 15.5 Å². The summed E-state index contributed by atoms with van der Waals surface area (Å²) in [4.78, 5) is 2.63. The van der Waals surface area contributed by atoms with Crippen LogP contribution in [0.3, 0.4) is 0 Å². The number of hydrogen-bond acceptors (Lipinski definition) is 3. The van der Waals surface area contributed by atoms with Crippen LogP contribution in [0, 0.1) is 5.82 Å². The van der Waals surface area contributed by atoms with Gasteiger partial charge in [-0.25, -0.2) is 4.39 Å². The summed E-state index contributed by atoms with van der Waals surface area (Å²) in [7, 11) is 0. The number of benzene rings is 1. The van der Waals surface area contributed by atoms with Gasteiger partial charge in [-0.3, -0.25) is 5.84 Å². The molecule has 0 radical (unpaired) electrons. The van der Waals surface area contributed by atoms with Crippen molar-refractivity contribution >= 4 is 11.8 Å². The number of halogens is 1. The van der Waals surface area contributed by atoms with E-state index in [-0.39, 0.29) is 5.69 Å². The van der Waals surface area contributed by atoms with Gasteiger partial charge in [-0.2, -0.15) is 0 Å². The molecule has 0 aliphatic carbocycles. The Morgan fingerprint density at radius 2 is 2.38 bits per heavy atom. The van der Waals surface area contributed by atoms with Crippen LogP contribution in [0.2, 0.25) is 0 Å². The smallest absolute Gasteiger partial charge is 0.148 e. The highest BCUT2D eigenvalue weighted by Gasteiger charge is 1.99. The third kappa shape index (κ3) is 3.61. The van der Waals surface area contributed by atoms with Gasteiger partial charge in [0.15, 0.2) is 0 Å². The van der Waals surface area contributed by atoms with Crippen molar-refractivity contribution in [3.8, 4) is 0 Å². The Balaban J connectivity index is 2.60. The lowest BCUT2D eigenvalue weighted by atomic mass is 10.2. The zero-order chi connectivity index (χ0) is 11.8. The second-order valence-corrected chi connectivity index (χ2v) is 3.03. The number of nitrogens with one attached hydrogen (secondary N) is 1. The van der Waals surface area contributed by atoms with Crippen molar-refractivity contribution in [2.24, 2.45) is 11.0 Å². The predicted molar refractivity (Wildman–Crippen MR) is 61.9 cm³/mol. The molecule has 0 spiro atoms. The summed E-state index contributed by atoms with van der Waals surface area (Å²) in [5, 5.41) is 3.38. The highest BCUT2D eigenvalue weighted by atomic mass is 19.1. The molecule has 0 saturated heterocycles. The van der Waals surface area contributed by atoms with Crippen molar-refractivity contribution in [1.29, 1.82) is 0 Å². The van der Waals surface area contributed by atoms with Crippen molar-refractivity contribution in [2.75, 3.05) is 12.0 Å². The first-order valence-corrected chi connectivity index (χ1v) is 4.71. The molecule has 0 aliphatic rings. The summed E-state index contributed by atoms with van der Waals surface area (Å²) in [6.45, 7) is 0.401. The van der Waals surface area contributed by atoms with E-state index in [1.54, 1.807) is 18.2 Å². The van der Waals surface area contributed by atoms with Crippen LogP contribution in [-0.2, 0) is 0 Å². The molecule has 6 heteroatoms. The minimum absolute atomic E-state index is 0.256. The van der Waals surface area contributed by atoms with E-state index in [9.17, 15) is 4.39 Å². The molecule has 0 amide bonds. The van der Waals surface area contributed by atoms with E-state index in [0.29, 0.717) is 13.0 Å². The fourth-order valence-corrected chi connectivity index (χ4v) is 1.15. The molecule has 1 aromatic rings. The second kappa shape index (κ2) is 6.44. The average molecular weight is 221 g/mol. The molecule has 0 atom stereocenters. The number of nitrogens with two attached hydrogens (primary N) is 1. The normalized spacial score (nSPS) is 10.1. The quantitative estimate of drug-likeness (QED) is 0.200. The molecule has 0 fully saturated rings. The van der Waals surface area contributed by atoms with Gasteiger partial charge < -0.3 is 5.43 Å². The molecule has 0 unspecified atom stereocenters. The minimum atomic E-state index is -0.403. The monoisotopic (exact) mass is 221 g/mol. The highest BCUT2D eigenvalue weighted by Crippen LogP contribution is 2.15. The molecule has 0 saturated carbocycles. The lowest BCUT2D eigenvalue weighted by molar-refractivity contribution is 0.630. The van der Waals surface area contributed by atoms with Gasteiger partial charge in [-0.1, -0.05) is 23.3 Å². The van der Waals surface area contributed by atoms with Crippen molar-refractivity contribution in [1.82, 2.24) is 0 Å². The largest absolute Gasteiger partial charge is 0.321 e. The Morgan fingerprint density at radius 3 is 3.00 bits per heavy atom. The molecule has 3 N–H and O–H groups in total. The lowest BCUT2D eigenvalue weighted by Crippen LogP contribution is -2.08. The van der Waals surface area contributed by atoms with Gasteiger partial charge in [0.25, 0.3) is 0 Å². The lowest BCUT2D eigenvalue weighted by Gasteiger charge is -2.01. The van der Waals surface area contributed by atoms with Crippen LogP contribution >= 0.6 is 0 Å². The number of rotatable bonds is 5. The van der Waals surface area contributed by atoms with Crippen LogP contribution in [0.4, 0.5) is 10.1 Å². The summed E-state index contributed by atoms with van der Waals surface area (Å²) < 4.78 is 13.2. The number of nitrogens with zero attached hydrogens (tertiary/aromatic N) is 3. The Labute approximate surface area is 92.4 Å². The average Bonchev–Trinajstić information content (AvgIpc) is 2.29. The molecule has 0 bridgehead atoms. The van der Waals surface area contributed by atoms with E-state index >= 15 is 0 Å². The van der Waals surface area contributed by atoms with Gasteiger partial charge in [0.05, 0.1) is 5.69 Å². The van der Waals surface area contributed by atoms with E-state index in [1.807, 2.05) is 6.08 Å². The van der Waals surface area contributed by atoms with Crippen LogP contribution in [0.5, 0.6) is 0 Å². The standard InChI is InChI=1S/C10H12FN5/c11-9-7-8(4-5-10(9)15-12)3-1-2-6-14-16-13/h1,3-5,7,15H,2,6,12H2. The van der Waals surface area contributed by atoms with Crippen LogP contribution in [0.25, 0.3) is 16.5 Å². The third-order valence-corrected chi connectivity index (χ3v) is 1.92. The molecule has 1 aromatic carbocycles. The Morgan fingerprint density at radius 1 is 1.56 bits per heavy atom.